The Kier molecular flexibility index (Phi) is 5.58. The molecule has 0 aliphatic carbocycles. The molecular formula is C18H15NO6. The average Bonchev–Trinajstić information content (AvgIpc) is 2.64. The molecule has 2 rings (SSSR count). The molecule has 0 saturated carbocycles. The minimum absolute atomic E-state index is 0.141. The fourth-order valence-electron chi connectivity index (χ4n) is 2.13. The van der Waals surface area contributed by atoms with Crippen molar-refractivity contribution in [1.29, 1.82) is 0 Å². The molecular weight excluding hydrogens is 326 g/mol. The Labute approximate surface area is 144 Å². The van der Waals surface area contributed by atoms with Crippen LogP contribution in [0.3, 0.4) is 0 Å². The highest BCUT2D eigenvalue weighted by atomic mass is 16.6. The summed E-state index contributed by atoms with van der Waals surface area (Å²) in [4.78, 5) is 22.5. The minimum Gasteiger partial charge on any atom is -0.493 e. The van der Waals surface area contributed by atoms with Crippen LogP contribution in [-0.4, -0.2) is 32.2 Å². The van der Waals surface area contributed by atoms with Crippen molar-refractivity contribution >= 4 is 11.7 Å². The summed E-state index contributed by atoms with van der Waals surface area (Å²) in [6.45, 7) is 0. The van der Waals surface area contributed by atoms with Crippen LogP contribution >= 0.6 is 0 Å². The van der Waals surface area contributed by atoms with E-state index in [2.05, 4.69) is 11.8 Å². The standard InChI is InChI=1S/C18H15NO6/c1-23-16-10-13(15(19(21)22)11-17(16)24-2)9-8-12-6-4-5-7-14(12)18(20)25-3/h4-7,10-11H,1-3H3. The van der Waals surface area contributed by atoms with E-state index in [9.17, 15) is 14.9 Å². The zero-order chi connectivity index (χ0) is 18.4. The Morgan fingerprint density at radius 3 is 2.20 bits per heavy atom. The summed E-state index contributed by atoms with van der Waals surface area (Å²) < 4.78 is 14.9. The summed E-state index contributed by atoms with van der Waals surface area (Å²) in [7, 11) is 4.08. The van der Waals surface area contributed by atoms with Gasteiger partial charge < -0.3 is 14.2 Å². The van der Waals surface area contributed by atoms with Crippen molar-refractivity contribution in [2.45, 2.75) is 0 Å². The summed E-state index contributed by atoms with van der Waals surface area (Å²) in [6, 6.07) is 9.25. The van der Waals surface area contributed by atoms with E-state index in [1.54, 1.807) is 24.3 Å². The largest absolute Gasteiger partial charge is 0.493 e. The van der Waals surface area contributed by atoms with Crippen LogP contribution in [0.2, 0.25) is 0 Å². The molecule has 0 saturated heterocycles. The molecule has 0 spiro atoms. The van der Waals surface area contributed by atoms with Gasteiger partial charge in [-0.2, -0.15) is 0 Å². The second-order valence-corrected chi connectivity index (χ2v) is 4.77. The number of benzene rings is 2. The molecule has 2 aromatic rings. The molecule has 0 atom stereocenters. The van der Waals surface area contributed by atoms with Crippen molar-refractivity contribution < 1.29 is 23.9 Å². The van der Waals surface area contributed by atoms with Gasteiger partial charge >= 0.3 is 5.97 Å². The third-order valence-electron chi connectivity index (χ3n) is 3.36. The van der Waals surface area contributed by atoms with E-state index in [-0.39, 0.29) is 22.6 Å². The number of carbonyl (C=O) groups excluding carboxylic acids is 1. The van der Waals surface area contributed by atoms with Crippen molar-refractivity contribution in [3.8, 4) is 23.3 Å². The maximum absolute atomic E-state index is 11.8. The van der Waals surface area contributed by atoms with Crippen LogP contribution in [0, 0.1) is 22.0 Å². The summed E-state index contributed by atoms with van der Waals surface area (Å²) in [5.41, 5.74) is 0.599. The third-order valence-corrected chi connectivity index (χ3v) is 3.36. The zero-order valence-electron chi connectivity index (χ0n) is 13.9. The van der Waals surface area contributed by atoms with Gasteiger partial charge in [-0.05, 0) is 12.1 Å². The van der Waals surface area contributed by atoms with E-state index in [0.29, 0.717) is 11.3 Å². The molecule has 0 bridgehead atoms. The van der Waals surface area contributed by atoms with Gasteiger partial charge in [0.25, 0.3) is 5.69 Å². The molecule has 0 unspecified atom stereocenters. The second kappa shape index (κ2) is 7.84. The lowest BCUT2D eigenvalue weighted by atomic mass is 10.1. The van der Waals surface area contributed by atoms with Crippen LogP contribution in [0.15, 0.2) is 36.4 Å². The smallest absolute Gasteiger partial charge is 0.339 e. The van der Waals surface area contributed by atoms with E-state index < -0.39 is 10.9 Å². The number of ether oxygens (including phenoxy) is 3. The molecule has 0 aliphatic rings. The summed E-state index contributed by atoms with van der Waals surface area (Å²) in [5.74, 6) is 5.51. The summed E-state index contributed by atoms with van der Waals surface area (Å²) in [6.07, 6.45) is 0. The molecule has 25 heavy (non-hydrogen) atoms. The molecule has 0 heterocycles. The van der Waals surface area contributed by atoms with Gasteiger partial charge in [-0.1, -0.05) is 24.0 Å². The van der Waals surface area contributed by atoms with Crippen LogP contribution in [0.1, 0.15) is 21.5 Å². The quantitative estimate of drug-likeness (QED) is 0.368. The van der Waals surface area contributed by atoms with Gasteiger partial charge in [0.2, 0.25) is 0 Å². The number of nitro benzene ring substituents is 1. The highest BCUT2D eigenvalue weighted by molar-refractivity contribution is 5.92. The van der Waals surface area contributed by atoms with Gasteiger partial charge in [0, 0.05) is 11.6 Å². The molecule has 7 heteroatoms. The van der Waals surface area contributed by atoms with Gasteiger partial charge in [0.05, 0.1) is 37.9 Å². The van der Waals surface area contributed by atoms with Gasteiger partial charge in [0.1, 0.15) is 5.56 Å². The Morgan fingerprint density at radius 1 is 1.00 bits per heavy atom. The molecule has 128 valence electrons. The molecule has 0 fully saturated rings. The number of hydrogen-bond acceptors (Lipinski definition) is 6. The lowest BCUT2D eigenvalue weighted by Crippen LogP contribution is -2.03. The highest BCUT2D eigenvalue weighted by Gasteiger charge is 2.18. The van der Waals surface area contributed by atoms with E-state index in [1.807, 2.05) is 0 Å². The summed E-state index contributed by atoms with van der Waals surface area (Å²) in [5, 5.41) is 11.3. The Bertz CT molecular complexity index is 879. The zero-order valence-corrected chi connectivity index (χ0v) is 13.9. The first-order valence-electron chi connectivity index (χ1n) is 7.11. The number of nitro groups is 1. The first-order valence-corrected chi connectivity index (χ1v) is 7.11. The van der Waals surface area contributed by atoms with E-state index in [4.69, 9.17) is 14.2 Å². The van der Waals surface area contributed by atoms with Crippen LogP contribution < -0.4 is 9.47 Å². The maximum Gasteiger partial charge on any atom is 0.339 e. The SMILES string of the molecule is COC(=O)c1ccccc1C#Cc1cc(OC)c(OC)cc1[N+](=O)[O-]. The van der Waals surface area contributed by atoms with E-state index in [1.165, 1.54) is 33.5 Å². The van der Waals surface area contributed by atoms with Crippen molar-refractivity contribution in [2.75, 3.05) is 21.3 Å². The molecule has 0 aromatic heterocycles. The fourth-order valence-corrected chi connectivity index (χ4v) is 2.13. The first-order chi connectivity index (χ1) is 12.0. The molecule has 0 radical (unpaired) electrons. The monoisotopic (exact) mass is 341 g/mol. The van der Waals surface area contributed by atoms with Crippen molar-refractivity contribution in [3.05, 3.63) is 63.2 Å². The van der Waals surface area contributed by atoms with Crippen molar-refractivity contribution in [3.63, 3.8) is 0 Å². The highest BCUT2D eigenvalue weighted by Crippen LogP contribution is 2.34. The van der Waals surface area contributed by atoms with Crippen LogP contribution in [0.5, 0.6) is 11.5 Å². The van der Waals surface area contributed by atoms with Crippen molar-refractivity contribution in [1.82, 2.24) is 0 Å². The van der Waals surface area contributed by atoms with Gasteiger partial charge in [-0.15, -0.1) is 0 Å². The topological polar surface area (TPSA) is 87.9 Å². The Morgan fingerprint density at radius 2 is 1.60 bits per heavy atom. The van der Waals surface area contributed by atoms with Gasteiger partial charge in [0.15, 0.2) is 11.5 Å². The predicted octanol–water partition coefficient (Wildman–Crippen LogP) is 2.80. The second-order valence-electron chi connectivity index (χ2n) is 4.77. The van der Waals surface area contributed by atoms with Crippen LogP contribution in [0.4, 0.5) is 5.69 Å². The van der Waals surface area contributed by atoms with Gasteiger partial charge in [-0.3, -0.25) is 10.1 Å². The lowest BCUT2D eigenvalue weighted by molar-refractivity contribution is -0.385. The van der Waals surface area contributed by atoms with Gasteiger partial charge in [-0.25, -0.2) is 4.79 Å². The van der Waals surface area contributed by atoms with E-state index in [0.717, 1.165) is 0 Å². The number of methoxy groups -OCH3 is 3. The van der Waals surface area contributed by atoms with E-state index >= 15 is 0 Å². The molecule has 2 aromatic carbocycles. The fraction of sp³-hybridized carbons (Fsp3) is 0.167. The third kappa shape index (κ3) is 3.87. The molecule has 0 aliphatic heterocycles. The normalized spacial score (nSPS) is 9.56. The molecule has 0 N–H and O–H groups in total. The number of esters is 1. The van der Waals surface area contributed by atoms with Crippen LogP contribution in [-0.2, 0) is 4.74 Å². The number of nitrogens with zero attached hydrogens (tertiary/aromatic N) is 1. The molecule has 0 amide bonds. The minimum atomic E-state index is -0.557. The summed E-state index contributed by atoms with van der Waals surface area (Å²) >= 11 is 0. The number of rotatable bonds is 4. The number of carbonyl (C=O) groups is 1. The average molecular weight is 341 g/mol. The lowest BCUT2D eigenvalue weighted by Gasteiger charge is -2.08. The Balaban J connectivity index is 2.57. The van der Waals surface area contributed by atoms with Crippen molar-refractivity contribution in [2.24, 2.45) is 0 Å². The predicted molar refractivity (Wildman–Crippen MR) is 90.0 cm³/mol. The molecule has 7 nitrogen and oxygen atoms in total. The maximum atomic E-state index is 11.8. The van der Waals surface area contributed by atoms with Crippen LogP contribution in [0.25, 0.3) is 0 Å². The number of hydrogen-bond donors (Lipinski definition) is 0. The first kappa shape index (κ1) is 17.8. The Hall–Kier alpha value is -3.53.